The lowest BCUT2D eigenvalue weighted by atomic mass is 10.00. The fraction of sp³-hybridized carbons (Fsp3) is 0.421. The maximum Gasteiger partial charge on any atom is 0.0426 e. The van der Waals surface area contributed by atoms with Crippen molar-refractivity contribution < 1.29 is 0 Å². The van der Waals surface area contributed by atoms with Gasteiger partial charge in [0.2, 0.25) is 0 Å². The van der Waals surface area contributed by atoms with E-state index in [0.29, 0.717) is 6.04 Å². The van der Waals surface area contributed by atoms with Gasteiger partial charge in [-0.2, -0.15) is 0 Å². The average Bonchev–Trinajstić information content (AvgIpc) is 2.44. The third-order valence-electron chi connectivity index (χ3n) is 4.06. The van der Waals surface area contributed by atoms with Crippen molar-refractivity contribution in [3.8, 4) is 0 Å². The molecule has 2 heteroatoms. The van der Waals surface area contributed by atoms with Crippen molar-refractivity contribution in [2.45, 2.75) is 53.6 Å². The Balaban J connectivity index is 2.06. The number of hydrogen-bond donors (Lipinski definition) is 1. The number of aromatic nitrogens is 1. The molecule has 0 spiro atoms. The van der Waals surface area contributed by atoms with Crippen molar-refractivity contribution >= 4 is 0 Å². The summed E-state index contributed by atoms with van der Waals surface area (Å²) in [5.74, 6) is 0. The van der Waals surface area contributed by atoms with Crippen LogP contribution in [-0.2, 0) is 13.0 Å². The fourth-order valence-electron chi connectivity index (χ4n) is 2.95. The summed E-state index contributed by atoms with van der Waals surface area (Å²) in [6.07, 6.45) is 1.09. The minimum absolute atomic E-state index is 0.309. The molecule has 1 unspecified atom stereocenters. The summed E-state index contributed by atoms with van der Waals surface area (Å²) in [5.41, 5.74) is 7.59. The van der Waals surface area contributed by atoms with Crippen LogP contribution >= 0.6 is 0 Å². The normalized spacial score (nSPS) is 12.4. The van der Waals surface area contributed by atoms with E-state index in [4.69, 9.17) is 0 Å². The number of aryl methyl sites for hydroxylation is 4. The summed E-state index contributed by atoms with van der Waals surface area (Å²) in [5, 5.41) is 3.61. The minimum Gasteiger partial charge on any atom is -0.306 e. The summed E-state index contributed by atoms with van der Waals surface area (Å²) in [7, 11) is 0. The molecule has 0 radical (unpaired) electrons. The Labute approximate surface area is 128 Å². The predicted molar refractivity (Wildman–Crippen MR) is 89.5 cm³/mol. The van der Waals surface area contributed by atoms with Gasteiger partial charge in [0.25, 0.3) is 0 Å². The maximum atomic E-state index is 4.59. The van der Waals surface area contributed by atoms with E-state index in [0.717, 1.165) is 24.4 Å². The van der Waals surface area contributed by atoms with E-state index >= 15 is 0 Å². The van der Waals surface area contributed by atoms with Crippen LogP contribution in [0.4, 0.5) is 0 Å². The van der Waals surface area contributed by atoms with Crippen molar-refractivity contribution in [3.63, 3.8) is 0 Å². The summed E-state index contributed by atoms with van der Waals surface area (Å²) < 4.78 is 0. The molecule has 0 bridgehead atoms. The van der Waals surface area contributed by atoms with Crippen LogP contribution in [0.25, 0.3) is 0 Å². The number of nitrogens with zero attached hydrogens (tertiary/aromatic N) is 1. The molecule has 0 saturated heterocycles. The molecule has 1 aromatic carbocycles. The van der Waals surface area contributed by atoms with Crippen LogP contribution in [0.1, 0.15) is 53.5 Å². The van der Waals surface area contributed by atoms with Crippen LogP contribution in [0.15, 0.2) is 30.3 Å². The topological polar surface area (TPSA) is 24.9 Å². The van der Waals surface area contributed by atoms with Gasteiger partial charge in [0.05, 0.1) is 0 Å². The van der Waals surface area contributed by atoms with Crippen LogP contribution in [0.3, 0.4) is 0 Å². The van der Waals surface area contributed by atoms with Gasteiger partial charge in [0, 0.05) is 24.0 Å². The molecule has 0 fully saturated rings. The van der Waals surface area contributed by atoms with Crippen molar-refractivity contribution in [1.82, 2.24) is 10.3 Å². The number of rotatable bonds is 5. The first-order valence-corrected chi connectivity index (χ1v) is 7.77. The van der Waals surface area contributed by atoms with E-state index in [1.807, 2.05) is 0 Å². The Morgan fingerprint density at radius 3 is 2.24 bits per heavy atom. The van der Waals surface area contributed by atoms with Gasteiger partial charge in [-0.3, -0.25) is 4.98 Å². The molecule has 2 aromatic rings. The van der Waals surface area contributed by atoms with E-state index in [9.17, 15) is 0 Å². The van der Waals surface area contributed by atoms with Crippen LogP contribution in [0.2, 0.25) is 0 Å². The van der Waals surface area contributed by atoms with Crippen molar-refractivity contribution in [1.29, 1.82) is 0 Å². The number of nitrogens with one attached hydrogen (secondary N) is 1. The third-order valence-corrected chi connectivity index (χ3v) is 4.06. The minimum atomic E-state index is 0.309. The first-order valence-electron chi connectivity index (χ1n) is 7.77. The quantitative estimate of drug-likeness (QED) is 0.878. The van der Waals surface area contributed by atoms with Crippen molar-refractivity contribution in [2.75, 3.05) is 0 Å². The van der Waals surface area contributed by atoms with E-state index in [1.54, 1.807) is 0 Å². The fourth-order valence-corrected chi connectivity index (χ4v) is 2.95. The van der Waals surface area contributed by atoms with Crippen LogP contribution in [0.5, 0.6) is 0 Å². The molecule has 2 nitrogen and oxygen atoms in total. The number of benzene rings is 1. The zero-order chi connectivity index (χ0) is 15.4. The highest BCUT2D eigenvalue weighted by atomic mass is 14.9. The van der Waals surface area contributed by atoms with E-state index in [2.05, 4.69) is 75.3 Å². The Hall–Kier alpha value is -1.67. The molecule has 1 aromatic heterocycles. The van der Waals surface area contributed by atoms with Gasteiger partial charge < -0.3 is 5.32 Å². The predicted octanol–water partition coefficient (Wildman–Crippen LogP) is 4.42. The average molecular weight is 282 g/mol. The van der Waals surface area contributed by atoms with Gasteiger partial charge >= 0.3 is 0 Å². The molecular formula is C19H26N2. The third kappa shape index (κ3) is 3.92. The molecule has 21 heavy (non-hydrogen) atoms. The first-order chi connectivity index (χ1) is 10.0. The second kappa shape index (κ2) is 6.86. The maximum absolute atomic E-state index is 4.59. The molecule has 0 saturated carbocycles. The largest absolute Gasteiger partial charge is 0.306 e. The Kier molecular flexibility index (Phi) is 5.13. The lowest BCUT2D eigenvalue weighted by molar-refractivity contribution is 0.566. The molecule has 1 atom stereocenters. The van der Waals surface area contributed by atoms with Crippen LogP contribution in [0, 0.1) is 20.8 Å². The summed E-state index contributed by atoms with van der Waals surface area (Å²) >= 11 is 0. The van der Waals surface area contributed by atoms with Crippen molar-refractivity contribution in [3.05, 3.63) is 64.0 Å². The molecule has 0 aliphatic carbocycles. The van der Waals surface area contributed by atoms with E-state index < -0.39 is 0 Å². The Morgan fingerprint density at radius 1 is 1.05 bits per heavy atom. The highest BCUT2D eigenvalue weighted by Gasteiger charge is 2.12. The summed E-state index contributed by atoms with van der Waals surface area (Å²) in [6, 6.07) is 11.3. The molecular weight excluding hydrogens is 256 g/mol. The van der Waals surface area contributed by atoms with Gasteiger partial charge in [0.1, 0.15) is 0 Å². The molecule has 112 valence electrons. The highest BCUT2D eigenvalue weighted by Crippen LogP contribution is 2.21. The molecule has 2 rings (SSSR count). The molecule has 0 amide bonds. The van der Waals surface area contributed by atoms with Gasteiger partial charge in [-0.1, -0.05) is 31.2 Å². The van der Waals surface area contributed by atoms with Gasteiger partial charge in [-0.25, -0.2) is 0 Å². The smallest absolute Gasteiger partial charge is 0.0426 e. The molecule has 1 N–H and O–H groups in total. The number of pyridine rings is 1. The second-order valence-corrected chi connectivity index (χ2v) is 5.85. The van der Waals surface area contributed by atoms with E-state index in [1.165, 1.54) is 22.3 Å². The highest BCUT2D eigenvalue weighted by molar-refractivity contribution is 5.33. The first kappa shape index (κ1) is 15.7. The monoisotopic (exact) mass is 282 g/mol. The molecule has 0 aliphatic heterocycles. The number of hydrogen-bond acceptors (Lipinski definition) is 2. The summed E-state index contributed by atoms with van der Waals surface area (Å²) in [4.78, 5) is 4.59. The standard InChI is InChI=1S/C19H26N2/c1-6-17-7-9-18(10-8-17)12-20-15(4)19-13(2)11-14(3)21-16(19)5/h7-11,15,20H,6,12H2,1-5H3. The zero-order valence-corrected chi connectivity index (χ0v) is 13.8. The van der Waals surface area contributed by atoms with Gasteiger partial charge in [-0.15, -0.1) is 0 Å². The lowest BCUT2D eigenvalue weighted by Crippen LogP contribution is -2.20. The Bertz CT molecular complexity index is 576. The second-order valence-electron chi connectivity index (χ2n) is 5.85. The Morgan fingerprint density at radius 2 is 1.67 bits per heavy atom. The summed E-state index contributed by atoms with van der Waals surface area (Å²) in [6.45, 7) is 11.6. The lowest BCUT2D eigenvalue weighted by Gasteiger charge is -2.19. The van der Waals surface area contributed by atoms with Crippen LogP contribution in [-0.4, -0.2) is 4.98 Å². The molecule has 0 aliphatic rings. The van der Waals surface area contributed by atoms with Gasteiger partial charge in [0.15, 0.2) is 0 Å². The van der Waals surface area contributed by atoms with Crippen molar-refractivity contribution in [2.24, 2.45) is 0 Å². The van der Waals surface area contributed by atoms with Gasteiger partial charge in [-0.05, 0) is 62.4 Å². The SMILES string of the molecule is CCc1ccc(CNC(C)c2c(C)cc(C)nc2C)cc1. The zero-order valence-electron chi connectivity index (χ0n) is 13.8. The van der Waals surface area contributed by atoms with E-state index in [-0.39, 0.29) is 0 Å². The molecule has 1 heterocycles. The van der Waals surface area contributed by atoms with Crippen LogP contribution < -0.4 is 5.32 Å².